The van der Waals surface area contributed by atoms with E-state index in [4.69, 9.17) is 11.6 Å². The van der Waals surface area contributed by atoms with Crippen molar-refractivity contribution in [1.82, 2.24) is 10.2 Å². The highest BCUT2D eigenvalue weighted by Crippen LogP contribution is 2.20. The molecule has 1 heterocycles. The number of anilines is 1. The number of hydrogen-bond donors (Lipinski definition) is 1. The molecule has 0 bridgehead atoms. The Morgan fingerprint density at radius 1 is 1.07 bits per heavy atom. The second kappa shape index (κ2) is 8.16. The maximum Gasteiger partial charge on any atom is 0.257 e. The van der Waals surface area contributed by atoms with Crippen molar-refractivity contribution in [2.75, 3.05) is 11.1 Å². The Morgan fingerprint density at radius 2 is 1.74 bits per heavy atom. The summed E-state index contributed by atoms with van der Waals surface area (Å²) in [4.78, 5) is 12.4. The molecule has 1 N–H and O–H groups in total. The molecule has 0 saturated heterocycles. The molecule has 27 heavy (non-hydrogen) atoms. The minimum atomic E-state index is -3.44. The average Bonchev–Trinajstić information content (AvgIpc) is 3.08. The van der Waals surface area contributed by atoms with Gasteiger partial charge in [0, 0.05) is 17.0 Å². The van der Waals surface area contributed by atoms with Crippen LogP contribution in [0.3, 0.4) is 0 Å². The third-order valence-corrected chi connectivity index (χ3v) is 6.64. The number of carbonyl (C=O) groups excluding carboxylic acids is 1. The Balaban J connectivity index is 1.61. The molecule has 0 spiro atoms. The third kappa shape index (κ3) is 5.12. The minimum absolute atomic E-state index is 0.102. The molecule has 3 aromatic rings. The van der Waals surface area contributed by atoms with E-state index in [0.717, 1.165) is 16.9 Å². The topological polar surface area (TPSA) is 89.0 Å². The molecular weight excluding hydrogens is 406 g/mol. The molecule has 0 aliphatic heterocycles. The first-order valence-electron chi connectivity index (χ1n) is 8.02. The normalized spacial score (nSPS) is 11.3. The molecule has 0 atom stereocenters. The fraction of sp³-hybridized carbons (Fsp3) is 0.167. The quantitative estimate of drug-likeness (QED) is 0.654. The molecule has 6 nitrogen and oxygen atoms in total. The van der Waals surface area contributed by atoms with Gasteiger partial charge in [0.2, 0.25) is 5.13 Å². The average molecular weight is 422 g/mol. The van der Waals surface area contributed by atoms with E-state index < -0.39 is 9.84 Å². The van der Waals surface area contributed by atoms with E-state index >= 15 is 0 Å². The predicted molar refractivity (Wildman–Crippen MR) is 106 cm³/mol. The summed E-state index contributed by atoms with van der Waals surface area (Å²) in [5, 5.41) is 11.9. The highest BCUT2D eigenvalue weighted by Gasteiger charge is 2.17. The van der Waals surface area contributed by atoms with Crippen molar-refractivity contribution < 1.29 is 13.2 Å². The Hall–Kier alpha value is -2.29. The third-order valence-electron chi connectivity index (χ3n) is 3.76. The van der Waals surface area contributed by atoms with E-state index in [-0.39, 0.29) is 23.0 Å². The van der Waals surface area contributed by atoms with Crippen LogP contribution in [-0.2, 0) is 16.3 Å². The Labute approximate surface area is 166 Å². The molecule has 3 rings (SSSR count). The number of amides is 1. The van der Waals surface area contributed by atoms with Gasteiger partial charge in [-0.15, -0.1) is 10.2 Å². The molecule has 0 unspecified atom stereocenters. The fourth-order valence-electron chi connectivity index (χ4n) is 2.26. The molecule has 9 heteroatoms. The maximum absolute atomic E-state index is 12.4. The van der Waals surface area contributed by atoms with E-state index in [0.29, 0.717) is 20.7 Å². The molecular formula is C18H16ClN3O3S2. The minimum Gasteiger partial charge on any atom is -0.296 e. The fourth-order valence-corrected chi connectivity index (χ4v) is 4.50. The number of aryl methyl sites for hydroxylation is 2. The Morgan fingerprint density at radius 3 is 2.41 bits per heavy atom. The lowest BCUT2D eigenvalue weighted by molar-refractivity contribution is 0.102. The van der Waals surface area contributed by atoms with Crippen LogP contribution in [0.4, 0.5) is 5.13 Å². The van der Waals surface area contributed by atoms with Crippen molar-refractivity contribution in [3.8, 4) is 0 Å². The highest BCUT2D eigenvalue weighted by atomic mass is 35.5. The van der Waals surface area contributed by atoms with Crippen LogP contribution in [0.15, 0.2) is 53.4 Å². The predicted octanol–water partition coefficient (Wildman–Crippen LogP) is 3.77. The first-order chi connectivity index (χ1) is 12.8. The Kier molecular flexibility index (Phi) is 5.88. The SMILES string of the molecule is Cc1ccc(C(=O)Nc2nnc(CCS(=O)(=O)c3ccc(Cl)cc3)s2)cc1. The number of hydrogen-bond acceptors (Lipinski definition) is 6. The van der Waals surface area contributed by atoms with Crippen molar-refractivity contribution in [3.05, 3.63) is 69.7 Å². The summed E-state index contributed by atoms with van der Waals surface area (Å²) >= 11 is 6.94. The zero-order valence-electron chi connectivity index (χ0n) is 14.3. The van der Waals surface area contributed by atoms with E-state index in [9.17, 15) is 13.2 Å². The largest absolute Gasteiger partial charge is 0.296 e. The zero-order valence-corrected chi connectivity index (χ0v) is 16.7. The monoisotopic (exact) mass is 421 g/mol. The molecule has 1 amide bonds. The van der Waals surface area contributed by atoms with Crippen LogP contribution in [0.1, 0.15) is 20.9 Å². The summed E-state index contributed by atoms with van der Waals surface area (Å²) in [5.74, 6) is -0.388. The van der Waals surface area contributed by atoms with Crippen LogP contribution in [0.25, 0.3) is 0 Å². The second-order valence-electron chi connectivity index (χ2n) is 5.84. The molecule has 0 radical (unpaired) electrons. The van der Waals surface area contributed by atoms with Crippen LogP contribution < -0.4 is 5.32 Å². The number of carbonyl (C=O) groups is 1. The van der Waals surface area contributed by atoms with Gasteiger partial charge in [-0.05, 0) is 43.3 Å². The van der Waals surface area contributed by atoms with E-state index in [2.05, 4.69) is 15.5 Å². The van der Waals surface area contributed by atoms with Gasteiger partial charge in [-0.1, -0.05) is 40.6 Å². The molecule has 1 aromatic heterocycles. The van der Waals surface area contributed by atoms with E-state index in [1.54, 1.807) is 12.1 Å². The van der Waals surface area contributed by atoms with Crippen molar-refractivity contribution in [2.45, 2.75) is 18.2 Å². The zero-order chi connectivity index (χ0) is 19.4. The molecule has 0 fully saturated rings. The van der Waals surface area contributed by atoms with Gasteiger partial charge >= 0.3 is 0 Å². The first kappa shape index (κ1) is 19.5. The standard InChI is InChI=1S/C18H16ClN3O3S2/c1-12-2-4-13(5-3-12)17(23)20-18-22-21-16(26-18)10-11-27(24,25)15-8-6-14(19)7-9-15/h2-9H,10-11H2,1H3,(H,20,22,23). The van der Waals surface area contributed by atoms with Gasteiger partial charge in [-0.3, -0.25) is 10.1 Å². The van der Waals surface area contributed by atoms with Gasteiger partial charge < -0.3 is 0 Å². The van der Waals surface area contributed by atoms with Crippen LogP contribution >= 0.6 is 22.9 Å². The van der Waals surface area contributed by atoms with Crippen LogP contribution in [0.2, 0.25) is 5.02 Å². The number of sulfone groups is 1. The highest BCUT2D eigenvalue weighted by molar-refractivity contribution is 7.91. The van der Waals surface area contributed by atoms with Gasteiger partial charge in [0.05, 0.1) is 10.6 Å². The second-order valence-corrected chi connectivity index (χ2v) is 9.45. The van der Waals surface area contributed by atoms with E-state index in [1.165, 1.54) is 24.3 Å². The molecule has 0 aliphatic rings. The summed E-state index contributed by atoms with van der Waals surface area (Å²) in [7, 11) is -3.44. The summed E-state index contributed by atoms with van der Waals surface area (Å²) in [6.45, 7) is 1.94. The van der Waals surface area contributed by atoms with Gasteiger partial charge in [0.1, 0.15) is 5.01 Å². The summed E-state index contributed by atoms with van der Waals surface area (Å²) in [6.07, 6.45) is 0.211. The van der Waals surface area contributed by atoms with Crippen molar-refractivity contribution >= 4 is 43.8 Å². The van der Waals surface area contributed by atoms with Gasteiger partial charge in [-0.2, -0.15) is 0 Å². The van der Waals surface area contributed by atoms with Crippen molar-refractivity contribution in [1.29, 1.82) is 0 Å². The Bertz CT molecular complexity index is 1050. The molecule has 140 valence electrons. The van der Waals surface area contributed by atoms with Crippen LogP contribution in [0.5, 0.6) is 0 Å². The number of nitrogens with one attached hydrogen (secondary N) is 1. The van der Waals surface area contributed by atoms with Crippen LogP contribution in [-0.4, -0.2) is 30.3 Å². The summed E-state index contributed by atoms with van der Waals surface area (Å²) < 4.78 is 24.7. The van der Waals surface area contributed by atoms with Gasteiger partial charge in [-0.25, -0.2) is 8.42 Å². The van der Waals surface area contributed by atoms with Crippen LogP contribution in [0, 0.1) is 6.92 Å². The summed E-state index contributed by atoms with van der Waals surface area (Å²) in [5.41, 5.74) is 1.58. The number of aromatic nitrogens is 2. The lowest BCUT2D eigenvalue weighted by atomic mass is 10.1. The molecule has 2 aromatic carbocycles. The lowest BCUT2D eigenvalue weighted by Gasteiger charge is -2.03. The smallest absolute Gasteiger partial charge is 0.257 e. The first-order valence-corrected chi connectivity index (χ1v) is 10.9. The number of nitrogens with zero attached hydrogens (tertiary/aromatic N) is 2. The molecule has 0 aliphatic carbocycles. The van der Waals surface area contributed by atoms with E-state index in [1.807, 2.05) is 19.1 Å². The number of rotatable bonds is 6. The van der Waals surface area contributed by atoms with Gasteiger partial charge in [0.15, 0.2) is 9.84 Å². The maximum atomic E-state index is 12.4. The van der Waals surface area contributed by atoms with Crippen molar-refractivity contribution in [3.63, 3.8) is 0 Å². The number of benzene rings is 2. The van der Waals surface area contributed by atoms with Crippen molar-refractivity contribution in [2.24, 2.45) is 0 Å². The number of halogens is 1. The molecule has 0 saturated carbocycles. The van der Waals surface area contributed by atoms with Gasteiger partial charge in [0.25, 0.3) is 5.91 Å². The summed E-state index contributed by atoms with van der Waals surface area (Å²) in [6, 6.07) is 13.2. The lowest BCUT2D eigenvalue weighted by Crippen LogP contribution is -2.11.